The van der Waals surface area contributed by atoms with Crippen LogP contribution in [-0.2, 0) is 0 Å². The molecule has 1 unspecified atom stereocenters. The number of nitrogens with one attached hydrogen (secondary N) is 1. The molecule has 1 amide bonds. The number of carbonyl (C=O) groups excluding carboxylic acids is 1. The second-order valence-corrected chi connectivity index (χ2v) is 4.74. The lowest BCUT2D eigenvalue weighted by molar-refractivity contribution is -0.0498. The number of thiophene rings is 1. The lowest BCUT2D eigenvalue weighted by Gasteiger charge is -2.11. The average Bonchev–Trinajstić information content (AvgIpc) is 2.73. The van der Waals surface area contributed by atoms with Gasteiger partial charge >= 0.3 is 6.61 Å². The van der Waals surface area contributed by atoms with E-state index in [1.165, 1.54) is 11.4 Å². The van der Waals surface area contributed by atoms with Gasteiger partial charge < -0.3 is 15.2 Å². The van der Waals surface area contributed by atoms with E-state index in [-0.39, 0.29) is 23.2 Å². The second-order valence-electron chi connectivity index (χ2n) is 3.82. The van der Waals surface area contributed by atoms with Gasteiger partial charge in [-0.25, -0.2) is 0 Å². The predicted molar refractivity (Wildman–Crippen MR) is 64.2 cm³/mol. The van der Waals surface area contributed by atoms with Crippen LogP contribution >= 0.6 is 11.3 Å². The highest BCUT2D eigenvalue weighted by molar-refractivity contribution is 7.12. The molecular formula is C11H15F2NO3S. The smallest absolute Gasteiger partial charge is 0.387 e. The first-order chi connectivity index (χ1) is 8.54. The van der Waals surface area contributed by atoms with Gasteiger partial charge in [-0.2, -0.15) is 8.78 Å². The molecule has 0 saturated heterocycles. The zero-order valence-corrected chi connectivity index (χ0v) is 10.7. The maximum atomic E-state index is 12.1. The van der Waals surface area contributed by atoms with Crippen LogP contribution in [0.3, 0.4) is 0 Å². The summed E-state index contributed by atoms with van der Waals surface area (Å²) < 4.78 is 28.4. The van der Waals surface area contributed by atoms with Gasteiger partial charge in [0.25, 0.3) is 5.91 Å². The Labute approximate surface area is 108 Å². The molecule has 0 saturated carbocycles. The lowest BCUT2D eigenvalue weighted by atomic mass is 10.1. The number of hydrogen-bond acceptors (Lipinski definition) is 4. The van der Waals surface area contributed by atoms with Crippen molar-refractivity contribution in [1.82, 2.24) is 5.32 Å². The van der Waals surface area contributed by atoms with E-state index in [9.17, 15) is 13.6 Å². The van der Waals surface area contributed by atoms with Crippen molar-refractivity contribution in [3.63, 3.8) is 0 Å². The Morgan fingerprint density at radius 1 is 1.61 bits per heavy atom. The van der Waals surface area contributed by atoms with Crippen LogP contribution in [-0.4, -0.2) is 30.8 Å². The fraction of sp³-hybridized carbons (Fsp3) is 0.545. The number of aliphatic hydroxyl groups is 1. The molecule has 1 rings (SSSR count). The molecule has 0 fully saturated rings. The molecule has 0 aliphatic carbocycles. The number of halogens is 2. The van der Waals surface area contributed by atoms with Crippen molar-refractivity contribution in [1.29, 1.82) is 0 Å². The van der Waals surface area contributed by atoms with Crippen molar-refractivity contribution < 1.29 is 23.4 Å². The summed E-state index contributed by atoms with van der Waals surface area (Å²) >= 11 is 1.04. The molecule has 102 valence electrons. The number of hydrogen-bond donors (Lipinski definition) is 2. The first kappa shape index (κ1) is 14.8. The largest absolute Gasteiger partial charge is 0.433 e. The number of alkyl halides is 2. The van der Waals surface area contributed by atoms with Gasteiger partial charge in [-0.1, -0.05) is 6.92 Å². The average molecular weight is 279 g/mol. The summed E-state index contributed by atoms with van der Waals surface area (Å²) in [7, 11) is 0. The molecule has 1 aromatic rings. The monoisotopic (exact) mass is 279 g/mol. The molecule has 0 aliphatic rings. The molecule has 1 aromatic heterocycles. The topological polar surface area (TPSA) is 58.6 Å². The summed E-state index contributed by atoms with van der Waals surface area (Å²) in [5.41, 5.74) is 0. The van der Waals surface area contributed by atoms with Gasteiger partial charge in [0, 0.05) is 13.2 Å². The summed E-state index contributed by atoms with van der Waals surface area (Å²) in [4.78, 5) is 11.9. The van der Waals surface area contributed by atoms with Gasteiger partial charge in [0.2, 0.25) is 0 Å². The molecule has 0 spiro atoms. The first-order valence-electron chi connectivity index (χ1n) is 5.46. The summed E-state index contributed by atoms with van der Waals surface area (Å²) in [6, 6.07) is 1.34. The second kappa shape index (κ2) is 7.27. The molecule has 7 heteroatoms. The number of aliphatic hydroxyl groups excluding tert-OH is 1. The Morgan fingerprint density at radius 2 is 2.33 bits per heavy atom. The fourth-order valence-electron chi connectivity index (χ4n) is 1.32. The molecule has 0 bridgehead atoms. The van der Waals surface area contributed by atoms with Crippen molar-refractivity contribution >= 4 is 17.2 Å². The summed E-state index contributed by atoms with van der Waals surface area (Å²) in [5, 5.41) is 12.9. The van der Waals surface area contributed by atoms with Gasteiger partial charge in [-0.3, -0.25) is 4.79 Å². The number of rotatable bonds is 7. The standard InChI is InChI=1S/C11H15F2NO3S/c1-7(2-4-15)6-14-10(16)9-8(3-5-18-9)17-11(12)13/h3,5,7,11,15H,2,4,6H2,1H3,(H,14,16). The highest BCUT2D eigenvalue weighted by Crippen LogP contribution is 2.26. The molecule has 1 atom stereocenters. The third-order valence-corrected chi connectivity index (χ3v) is 3.18. The third kappa shape index (κ3) is 4.58. The van der Waals surface area contributed by atoms with Crippen LogP contribution in [0.4, 0.5) is 8.78 Å². The Balaban J connectivity index is 2.53. The summed E-state index contributed by atoms with van der Waals surface area (Å²) in [6.45, 7) is -0.637. The van der Waals surface area contributed by atoms with Gasteiger partial charge in [-0.05, 0) is 23.8 Å². The zero-order chi connectivity index (χ0) is 13.5. The Bertz CT molecular complexity index is 384. The van der Waals surface area contributed by atoms with Crippen LogP contribution in [0.5, 0.6) is 5.75 Å². The number of carbonyl (C=O) groups is 1. The molecule has 0 aliphatic heterocycles. The van der Waals surface area contributed by atoms with Gasteiger partial charge in [0.15, 0.2) is 0 Å². The van der Waals surface area contributed by atoms with Crippen molar-refractivity contribution in [3.05, 3.63) is 16.3 Å². The fourth-order valence-corrected chi connectivity index (χ4v) is 2.06. The van der Waals surface area contributed by atoms with E-state index in [1.807, 2.05) is 6.92 Å². The Kier molecular flexibility index (Phi) is 6.00. The van der Waals surface area contributed by atoms with Crippen LogP contribution < -0.4 is 10.1 Å². The highest BCUT2D eigenvalue weighted by atomic mass is 32.1. The van der Waals surface area contributed by atoms with Crippen molar-refractivity contribution in [2.75, 3.05) is 13.2 Å². The molecule has 2 N–H and O–H groups in total. The predicted octanol–water partition coefficient (Wildman–Crippen LogP) is 2.10. The van der Waals surface area contributed by atoms with Crippen molar-refractivity contribution in [2.24, 2.45) is 5.92 Å². The van der Waals surface area contributed by atoms with E-state index in [4.69, 9.17) is 5.11 Å². The minimum Gasteiger partial charge on any atom is -0.433 e. The van der Waals surface area contributed by atoms with Crippen LogP contribution in [0.1, 0.15) is 23.0 Å². The van der Waals surface area contributed by atoms with Crippen molar-refractivity contribution in [2.45, 2.75) is 20.0 Å². The highest BCUT2D eigenvalue weighted by Gasteiger charge is 2.17. The van der Waals surface area contributed by atoms with E-state index in [0.717, 1.165) is 11.3 Å². The van der Waals surface area contributed by atoms with E-state index in [2.05, 4.69) is 10.1 Å². The van der Waals surface area contributed by atoms with Gasteiger partial charge in [0.1, 0.15) is 10.6 Å². The van der Waals surface area contributed by atoms with E-state index >= 15 is 0 Å². The molecule has 0 radical (unpaired) electrons. The van der Waals surface area contributed by atoms with E-state index in [0.29, 0.717) is 13.0 Å². The van der Waals surface area contributed by atoms with E-state index < -0.39 is 12.5 Å². The number of ether oxygens (including phenoxy) is 1. The minimum atomic E-state index is -2.94. The molecule has 0 aromatic carbocycles. The Morgan fingerprint density at radius 3 is 2.94 bits per heavy atom. The van der Waals surface area contributed by atoms with Gasteiger partial charge in [-0.15, -0.1) is 11.3 Å². The van der Waals surface area contributed by atoms with Crippen molar-refractivity contribution in [3.8, 4) is 5.75 Å². The van der Waals surface area contributed by atoms with Crippen LogP contribution in [0.25, 0.3) is 0 Å². The maximum Gasteiger partial charge on any atom is 0.387 e. The quantitative estimate of drug-likeness (QED) is 0.803. The third-order valence-electron chi connectivity index (χ3n) is 2.28. The van der Waals surface area contributed by atoms with Crippen LogP contribution in [0.15, 0.2) is 11.4 Å². The normalized spacial score (nSPS) is 12.5. The summed E-state index contributed by atoms with van der Waals surface area (Å²) in [6.07, 6.45) is 0.575. The lowest BCUT2D eigenvalue weighted by Crippen LogP contribution is -2.28. The minimum absolute atomic E-state index is 0.0514. The molecule has 4 nitrogen and oxygen atoms in total. The number of amides is 1. The van der Waals surface area contributed by atoms with Crippen LogP contribution in [0.2, 0.25) is 0 Å². The van der Waals surface area contributed by atoms with Gasteiger partial charge in [0.05, 0.1) is 0 Å². The summed E-state index contributed by atoms with van der Waals surface area (Å²) in [5.74, 6) is -0.425. The molecule has 18 heavy (non-hydrogen) atoms. The Hall–Kier alpha value is -1.21. The molecular weight excluding hydrogens is 264 g/mol. The zero-order valence-electron chi connectivity index (χ0n) is 9.86. The van der Waals surface area contributed by atoms with Crippen LogP contribution in [0, 0.1) is 5.92 Å². The van der Waals surface area contributed by atoms with E-state index in [1.54, 1.807) is 0 Å². The first-order valence-corrected chi connectivity index (χ1v) is 6.34. The SMILES string of the molecule is CC(CCO)CNC(=O)c1sccc1OC(F)F. The maximum absolute atomic E-state index is 12.1. The molecule has 1 heterocycles.